The van der Waals surface area contributed by atoms with Gasteiger partial charge in [-0.3, -0.25) is 11.3 Å². The van der Waals surface area contributed by atoms with Gasteiger partial charge in [-0.1, -0.05) is 0 Å². The molecule has 0 saturated carbocycles. The highest BCUT2D eigenvalue weighted by Gasteiger charge is 2.04. The van der Waals surface area contributed by atoms with Gasteiger partial charge in [0.2, 0.25) is 0 Å². The van der Waals surface area contributed by atoms with Crippen LogP contribution in [0.4, 0.5) is 0 Å². The maximum absolute atomic E-state index is 5.31. The lowest BCUT2D eigenvalue weighted by atomic mass is 10.2. The summed E-state index contributed by atoms with van der Waals surface area (Å²) in [6, 6.07) is 0.0717. The van der Waals surface area contributed by atoms with Crippen LogP contribution in [-0.4, -0.2) is 18.8 Å². The Hall–Kier alpha value is -0.560. The molecule has 0 amide bonds. The normalized spacial score (nSPS) is 13.0. The molecule has 3 N–H and O–H groups in total. The van der Waals surface area contributed by atoms with Crippen LogP contribution in [0.1, 0.15) is 20.3 Å². The second-order valence-corrected chi connectivity index (χ2v) is 2.65. The van der Waals surface area contributed by atoms with Crippen molar-refractivity contribution in [3.05, 3.63) is 0 Å². The summed E-state index contributed by atoms with van der Waals surface area (Å²) in [5.74, 6) is 7.74. The van der Waals surface area contributed by atoms with E-state index in [1.165, 1.54) is 0 Å². The SMILES string of the molecule is C#CCC(COC(C)C)NN. The van der Waals surface area contributed by atoms with Crippen molar-refractivity contribution in [2.75, 3.05) is 6.61 Å². The molecular weight excluding hydrogens is 140 g/mol. The highest BCUT2D eigenvalue weighted by molar-refractivity contribution is 4.88. The minimum Gasteiger partial charge on any atom is -0.377 e. The van der Waals surface area contributed by atoms with E-state index in [0.29, 0.717) is 13.0 Å². The fourth-order valence-electron chi connectivity index (χ4n) is 0.617. The zero-order chi connectivity index (χ0) is 8.69. The third kappa shape index (κ3) is 5.86. The number of rotatable bonds is 5. The predicted octanol–water partition coefficient (Wildman–Crippen LogP) is 0.267. The number of hydrogen-bond donors (Lipinski definition) is 2. The van der Waals surface area contributed by atoms with Crippen LogP contribution in [0.15, 0.2) is 0 Å². The summed E-state index contributed by atoms with van der Waals surface area (Å²) < 4.78 is 5.31. The van der Waals surface area contributed by atoms with Gasteiger partial charge in [0.15, 0.2) is 0 Å². The largest absolute Gasteiger partial charge is 0.377 e. The molecule has 64 valence electrons. The predicted molar refractivity (Wildman–Crippen MR) is 45.6 cm³/mol. The summed E-state index contributed by atoms with van der Waals surface area (Å²) in [7, 11) is 0. The van der Waals surface area contributed by atoms with E-state index in [9.17, 15) is 0 Å². The molecule has 0 heterocycles. The fraction of sp³-hybridized carbons (Fsp3) is 0.750. The van der Waals surface area contributed by atoms with Gasteiger partial charge in [-0.25, -0.2) is 0 Å². The molecule has 0 aromatic rings. The van der Waals surface area contributed by atoms with Crippen LogP contribution in [0.5, 0.6) is 0 Å². The minimum atomic E-state index is 0.0717. The Morgan fingerprint density at radius 2 is 2.27 bits per heavy atom. The molecule has 0 aliphatic rings. The zero-order valence-corrected chi connectivity index (χ0v) is 7.13. The van der Waals surface area contributed by atoms with E-state index in [-0.39, 0.29) is 12.1 Å². The lowest BCUT2D eigenvalue weighted by Gasteiger charge is -2.14. The van der Waals surface area contributed by atoms with Crippen LogP contribution in [0.2, 0.25) is 0 Å². The van der Waals surface area contributed by atoms with Crippen LogP contribution >= 0.6 is 0 Å². The maximum atomic E-state index is 5.31. The molecule has 1 unspecified atom stereocenters. The Kier molecular flexibility index (Phi) is 5.86. The van der Waals surface area contributed by atoms with Crippen LogP contribution in [0.25, 0.3) is 0 Å². The number of hydrogen-bond acceptors (Lipinski definition) is 3. The first-order valence-electron chi connectivity index (χ1n) is 3.72. The first-order chi connectivity index (χ1) is 5.20. The molecule has 0 aromatic heterocycles. The van der Waals surface area contributed by atoms with Crippen molar-refractivity contribution >= 4 is 0 Å². The third-order valence-electron chi connectivity index (χ3n) is 1.23. The second kappa shape index (κ2) is 6.17. The monoisotopic (exact) mass is 156 g/mol. The fourth-order valence-corrected chi connectivity index (χ4v) is 0.617. The third-order valence-corrected chi connectivity index (χ3v) is 1.23. The summed E-state index contributed by atoms with van der Waals surface area (Å²) >= 11 is 0. The van der Waals surface area contributed by atoms with Gasteiger partial charge < -0.3 is 4.74 Å². The van der Waals surface area contributed by atoms with E-state index in [4.69, 9.17) is 17.0 Å². The second-order valence-electron chi connectivity index (χ2n) is 2.65. The summed E-state index contributed by atoms with van der Waals surface area (Å²) in [5, 5.41) is 0. The van der Waals surface area contributed by atoms with Gasteiger partial charge in [-0.05, 0) is 13.8 Å². The molecule has 3 nitrogen and oxygen atoms in total. The molecular formula is C8H16N2O. The topological polar surface area (TPSA) is 47.3 Å². The number of hydrazine groups is 1. The summed E-state index contributed by atoms with van der Waals surface area (Å²) in [5.41, 5.74) is 2.59. The molecule has 0 aliphatic carbocycles. The smallest absolute Gasteiger partial charge is 0.0645 e. The van der Waals surface area contributed by atoms with Crippen LogP contribution in [0, 0.1) is 12.3 Å². The molecule has 0 radical (unpaired) electrons. The molecule has 0 aromatic carbocycles. The van der Waals surface area contributed by atoms with E-state index >= 15 is 0 Å². The summed E-state index contributed by atoms with van der Waals surface area (Å²) in [4.78, 5) is 0. The molecule has 0 rings (SSSR count). The molecule has 0 bridgehead atoms. The maximum Gasteiger partial charge on any atom is 0.0645 e. The van der Waals surface area contributed by atoms with Crippen molar-refractivity contribution in [2.24, 2.45) is 5.84 Å². The molecule has 0 aliphatic heterocycles. The van der Waals surface area contributed by atoms with Crippen LogP contribution < -0.4 is 11.3 Å². The standard InChI is InChI=1S/C8H16N2O/c1-4-5-8(10-9)6-11-7(2)3/h1,7-8,10H,5-6,9H2,2-3H3. The Balaban J connectivity index is 3.45. The average Bonchev–Trinajstić information content (AvgIpc) is 1.97. The van der Waals surface area contributed by atoms with Gasteiger partial charge >= 0.3 is 0 Å². The average molecular weight is 156 g/mol. The summed E-state index contributed by atoms with van der Waals surface area (Å²) in [6.07, 6.45) is 5.94. The van der Waals surface area contributed by atoms with Crippen molar-refractivity contribution in [1.82, 2.24) is 5.43 Å². The Bertz CT molecular complexity index is 129. The van der Waals surface area contributed by atoms with Gasteiger partial charge in [0.05, 0.1) is 18.8 Å². The van der Waals surface area contributed by atoms with E-state index in [2.05, 4.69) is 11.3 Å². The number of ether oxygens (including phenoxy) is 1. The van der Waals surface area contributed by atoms with Gasteiger partial charge in [0, 0.05) is 6.42 Å². The van der Waals surface area contributed by atoms with Crippen molar-refractivity contribution in [3.63, 3.8) is 0 Å². The Labute approximate surface area is 68.3 Å². The first kappa shape index (κ1) is 10.4. The van der Waals surface area contributed by atoms with Crippen molar-refractivity contribution < 1.29 is 4.74 Å². The van der Waals surface area contributed by atoms with Crippen molar-refractivity contribution in [1.29, 1.82) is 0 Å². The van der Waals surface area contributed by atoms with Crippen LogP contribution in [-0.2, 0) is 4.74 Å². The molecule has 0 fully saturated rings. The van der Waals surface area contributed by atoms with Gasteiger partial charge in [-0.15, -0.1) is 12.3 Å². The van der Waals surface area contributed by atoms with Crippen molar-refractivity contribution in [2.45, 2.75) is 32.4 Å². The van der Waals surface area contributed by atoms with Crippen LogP contribution in [0.3, 0.4) is 0 Å². The number of nitrogens with one attached hydrogen (secondary N) is 1. The molecule has 1 atom stereocenters. The zero-order valence-electron chi connectivity index (χ0n) is 7.13. The van der Waals surface area contributed by atoms with Crippen molar-refractivity contribution in [3.8, 4) is 12.3 Å². The number of terminal acetylenes is 1. The van der Waals surface area contributed by atoms with Gasteiger partial charge in [0.25, 0.3) is 0 Å². The molecule has 11 heavy (non-hydrogen) atoms. The van der Waals surface area contributed by atoms with Gasteiger partial charge in [-0.2, -0.15) is 0 Å². The lowest BCUT2D eigenvalue weighted by Crippen LogP contribution is -2.38. The Morgan fingerprint density at radius 1 is 1.64 bits per heavy atom. The molecule has 0 saturated heterocycles. The van der Waals surface area contributed by atoms with Gasteiger partial charge in [0.1, 0.15) is 0 Å². The summed E-state index contributed by atoms with van der Waals surface area (Å²) in [6.45, 7) is 4.52. The quantitative estimate of drug-likeness (QED) is 0.341. The Morgan fingerprint density at radius 3 is 2.64 bits per heavy atom. The number of nitrogens with two attached hydrogens (primary N) is 1. The van der Waals surface area contributed by atoms with E-state index in [1.54, 1.807) is 0 Å². The first-order valence-corrected chi connectivity index (χ1v) is 3.72. The highest BCUT2D eigenvalue weighted by Crippen LogP contribution is 1.93. The lowest BCUT2D eigenvalue weighted by molar-refractivity contribution is 0.0622. The van der Waals surface area contributed by atoms with E-state index < -0.39 is 0 Å². The molecule has 3 heteroatoms. The molecule has 0 spiro atoms. The highest BCUT2D eigenvalue weighted by atomic mass is 16.5. The minimum absolute atomic E-state index is 0.0717. The van der Waals surface area contributed by atoms with E-state index in [0.717, 1.165) is 0 Å². The van der Waals surface area contributed by atoms with E-state index in [1.807, 2.05) is 13.8 Å².